The van der Waals surface area contributed by atoms with Crippen LogP contribution in [-0.2, 0) is 21.4 Å². The van der Waals surface area contributed by atoms with Crippen LogP contribution in [0.3, 0.4) is 0 Å². The summed E-state index contributed by atoms with van der Waals surface area (Å²) in [7, 11) is -3.42. The van der Waals surface area contributed by atoms with Gasteiger partial charge in [-0.05, 0) is 36.4 Å². The van der Waals surface area contributed by atoms with Gasteiger partial charge >= 0.3 is 0 Å². The lowest BCUT2D eigenvalue weighted by molar-refractivity contribution is -0.123. The molecule has 25 heavy (non-hydrogen) atoms. The summed E-state index contributed by atoms with van der Waals surface area (Å²) in [6.45, 7) is 0.241. The van der Waals surface area contributed by atoms with Crippen LogP contribution in [0.2, 0.25) is 5.02 Å². The maximum Gasteiger partial charge on any atom is 0.257 e. The molecule has 0 unspecified atom stereocenters. The summed E-state index contributed by atoms with van der Waals surface area (Å²) < 4.78 is 35.3. The lowest BCUT2D eigenvalue weighted by Gasteiger charge is -2.19. The number of carbonyl (C=O) groups excluding carboxylic acids is 1. The van der Waals surface area contributed by atoms with E-state index < -0.39 is 10.0 Å². The number of carbonyl (C=O) groups is 1. The van der Waals surface area contributed by atoms with E-state index in [0.717, 1.165) is 6.26 Å². The Kier molecular flexibility index (Phi) is 6.86. The quantitative estimate of drug-likeness (QED) is 0.710. The van der Waals surface area contributed by atoms with Gasteiger partial charge in [0.25, 0.3) is 5.91 Å². The van der Waals surface area contributed by atoms with Gasteiger partial charge in [-0.1, -0.05) is 11.6 Å². The Hall–Kier alpha value is -2.03. The largest absolute Gasteiger partial charge is 0.484 e. The molecule has 1 aromatic heterocycles. The highest BCUT2D eigenvalue weighted by Gasteiger charge is 2.18. The van der Waals surface area contributed by atoms with Crippen molar-refractivity contribution in [3.63, 3.8) is 0 Å². The van der Waals surface area contributed by atoms with E-state index in [1.807, 2.05) is 0 Å². The zero-order valence-corrected chi connectivity index (χ0v) is 15.2. The maximum atomic E-state index is 11.8. The van der Waals surface area contributed by atoms with E-state index in [0.29, 0.717) is 16.5 Å². The standard InChI is InChI=1S/C16H19ClN2O5S/c1-25(21,22)19(11-15-3-2-10-23-15)9-8-18-16(20)12-24-14-6-4-13(17)5-7-14/h2-7,10H,8-9,11-12H2,1H3,(H,18,20). The zero-order valence-electron chi connectivity index (χ0n) is 13.6. The molecule has 0 fully saturated rings. The molecule has 0 aliphatic rings. The first-order valence-electron chi connectivity index (χ1n) is 7.47. The van der Waals surface area contributed by atoms with Crippen molar-refractivity contribution in [2.75, 3.05) is 26.0 Å². The Morgan fingerprint density at radius 2 is 2.00 bits per heavy atom. The lowest BCUT2D eigenvalue weighted by Crippen LogP contribution is -2.39. The van der Waals surface area contributed by atoms with E-state index in [4.69, 9.17) is 20.8 Å². The number of amides is 1. The minimum absolute atomic E-state index is 0.114. The van der Waals surface area contributed by atoms with E-state index in [1.54, 1.807) is 36.4 Å². The third kappa shape index (κ3) is 6.77. The number of rotatable bonds is 9. The van der Waals surface area contributed by atoms with Crippen molar-refractivity contribution < 1.29 is 22.4 Å². The Balaban J connectivity index is 1.76. The smallest absolute Gasteiger partial charge is 0.257 e. The molecule has 0 bridgehead atoms. The minimum Gasteiger partial charge on any atom is -0.484 e. The number of nitrogens with one attached hydrogen (secondary N) is 1. The molecule has 1 N–H and O–H groups in total. The van der Waals surface area contributed by atoms with Crippen LogP contribution in [0.5, 0.6) is 5.75 Å². The second-order valence-corrected chi connectivity index (χ2v) is 7.69. The van der Waals surface area contributed by atoms with Crippen LogP contribution in [0.15, 0.2) is 47.1 Å². The lowest BCUT2D eigenvalue weighted by atomic mass is 10.3. The Morgan fingerprint density at radius 1 is 1.28 bits per heavy atom. The Bertz CT molecular complexity index is 775. The molecule has 7 nitrogen and oxygen atoms in total. The van der Waals surface area contributed by atoms with E-state index in [9.17, 15) is 13.2 Å². The molecule has 0 saturated heterocycles. The fourth-order valence-electron chi connectivity index (χ4n) is 1.99. The van der Waals surface area contributed by atoms with E-state index in [2.05, 4.69) is 5.32 Å². The van der Waals surface area contributed by atoms with Crippen molar-refractivity contribution in [2.24, 2.45) is 0 Å². The van der Waals surface area contributed by atoms with E-state index >= 15 is 0 Å². The zero-order chi connectivity index (χ0) is 18.3. The molecule has 0 aliphatic carbocycles. The van der Waals surface area contributed by atoms with Gasteiger partial charge in [-0.25, -0.2) is 8.42 Å². The van der Waals surface area contributed by atoms with Gasteiger partial charge in [0.15, 0.2) is 6.61 Å². The molecule has 0 aliphatic heterocycles. The number of hydrogen-bond donors (Lipinski definition) is 1. The number of sulfonamides is 1. The third-order valence-corrected chi connectivity index (χ3v) is 4.75. The maximum absolute atomic E-state index is 11.8. The highest BCUT2D eigenvalue weighted by molar-refractivity contribution is 7.88. The molecule has 2 rings (SSSR count). The summed E-state index contributed by atoms with van der Waals surface area (Å²) in [5.74, 6) is 0.708. The van der Waals surface area contributed by atoms with Crippen LogP contribution in [0.1, 0.15) is 5.76 Å². The summed E-state index contributed by atoms with van der Waals surface area (Å²) in [4.78, 5) is 11.8. The minimum atomic E-state index is -3.42. The second kappa shape index (κ2) is 8.89. The fourth-order valence-corrected chi connectivity index (χ4v) is 2.90. The topological polar surface area (TPSA) is 88.9 Å². The van der Waals surface area contributed by atoms with Crippen molar-refractivity contribution in [1.82, 2.24) is 9.62 Å². The summed E-state index contributed by atoms with van der Waals surface area (Å²) in [6, 6.07) is 10.0. The fraction of sp³-hybridized carbons (Fsp3) is 0.312. The normalized spacial score (nSPS) is 11.5. The highest BCUT2D eigenvalue weighted by atomic mass is 35.5. The van der Waals surface area contributed by atoms with Crippen LogP contribution in [0.25, 0.3) is 0 Å². The van der Waals surface area contributed by atoms with Gasteiger partial charge < -0.3 is 14.5 Å². The van der Waals surface area contributed by atoms with Crippen molar-refractivity contribution >= 4 is 27.5 Å². The van der Waals surface area contributed by atoms with Crippen molar-refractivity contribution in [3.8, 4) is 5.75 Å². The first kappa shape index (κ1) is 19.3. The molecule has 0 atom stereocenters. The van der Waals surface area contributed by atoms with Crippen LogP contribution >= 0.6 is 11.6 Å². The second-order valence-electron chi connectivity index (χ2n) is 5.27. The molecule has 1 amide bonds. The van der Waals surface area contributed by atoms with Gasteiger partial charge in [-0.15, -0.1) is 0 Å². The predicted molar refractivity (Wildman–Crippen MR) is 93.9 cm³/mol. The van der Waals surface area contributed by atoms with Gasteiger partial charge in [-0.3, -0.25) is 4.79 Å². The number of ether oxygens (including phenoxy) is 1. The number of halogens is 1. The first-order valence-corrected chi connectivity index (χ1v) is 9.70. The molecule has 0 saturated carbocycles. The molecule has 1 aromatic carbocycles. The number of benzene rings is 1. The summed E-state index contributed by atoms with van der Waals surface area (Å²) >= 11 is 5.76. The molecule has 2 aromatic rings. The average molecular weight is 387 g/mol. The molecule has 1 heterocycles. The van der Waals surface area contributed by atoms with E-state index in [1.165, 1.54) is 10.6 Å². The Morgan fingerprint density at radius 3 is 2.60 bits per heavy atom. The van der Waals surface area contributed by atoms with Crippen LogP contribution < -0.4 is 10.1 Å². The molecule has 0 spiro atoms. The number of hydrogen-bond acceptors (Lipinski definition) is 5. The predicted octanol–water partition coefficient (Wildman–Crippen LogP) is 1.89. The van der Waals surface area contributed by atoms with E-state index in [-0.39, 0.29) is 32.1 Å². The third-order valence-electron chi connectivity index (χ3n) is 3.25. The molecule has 9 heteroatoms. The number of furan rings is 1. The van der Waals surface area contributed by atoms with Gasteiger partial charge in [-0.2, -0.15) is 4.31 Å². The van der Waals surface area contributed by atoms with Gasteiger partial charge in [0.1, 0.15) is 11.5 Å². The monoisotopic (exact) mass is 386 g/mol. The molecule has 0 radical (unpaired) electrons. The molecule has 136 valence electrons. The van der Waals surface area contributed by atoms with Crippen LogP contribution in [0, 0.1) is 0 Å². The molecular formula is C16H19ClN2O5S. The number of nitrogens with zero attached hydrogens (tertiary/aromatic N) is 1. The van der Waals surface area contributed by atoms with Crippen molar-refractivity contribution in [3.05, 3.63) is 53.4 Å². The highest BCUT2D eigenvalue weighted by Crippen LogP contribution is 2.15. The van der Waals surface area contributed by atoms with Crippen molar-refractivity contribution in [2.45, 2.75) is 6.54 Å². The van der Waals surface area contributed by atoms with Crippen LogP contribution in [-0.4, -0.2) is 44.6 Å². The molecular weight excluding hydrogens is 368 g/mol. The average Bonchev–Trinajstić information content (AvgIpc) is 3.05. The first-order chi connectivity index (χ1) is 11.8. The van der Waals surface area contributed by atoms with Gasteiger partial charge in [0.05, 0.1) is 19.1 Å². The SMILES string of the molecule is CS(=O)(=O)N(CCNC(=O)COc1ccc(Cl)cc1)Cc1ccco1. The summed E-state index contributed by atoms with van der Waals surface area (Å²) in [5.41, 5.74) is 0. The van der Waals surface area contributed by atoms with Gasteiger partial charge in [0.2, 0.25) is 10.0 Å². The van der Waals surface area contributed by atoms with Crippen molar-refractivity contribution in [1.29, 1.82) is 0 Å². The summed E-state index contributed by atoms with van der Waals surface area (Å²) in [6.07, 6.45) is 2.59. The summed E-state index contributed by atoms with van der Waals surface area (Å²) in [5, 5.41) is 3.20. The van der Waals surface area contributed by atoms with Gasteiger partial charge in [0, 0.05) is 18.1 Å². The Labute approximate surface area is 151 Å². The van der Waals surface area contributed by atoms with Crippen LogP contribution in [0.4, 0.5) is 0 Å².